The average molecular weight is 351 g/mol. The number of nitrogens with zero attached hydrogens (tertiary/aromatic N) is 2. The number of ether oxygens (including phenoxy) is 1. The van der Waals surface area contributed by atoms with Crippen LogP contribution in [0.4, 0.5) is 0 Å². The third kappa shape index (κ3) is 5.15. The van der Waals surface area contributed by atoms with Crippen LogP contribution in [0.25, 0.3) is 0 Å². The van der Waals surface area contributed by atoms with Gasteiger partial charge in [0, 0.05) is 13.1 Å². The molecule has 134 valence electrons. The Morgan fingerprint density at radius 3 is 2.38 bits per heavy atom. The fourth-order valence-electron chi connectivity index (χ4n) is 2.82. The van der Waals surface area contributed by atoms with Gasteiger partial charge in [0.1, 0.15) is 16.7 Å². The van der Waals surface area contributed by atoms with Crippen LogP contribution in [0, 0.1) is 0 Å². The molecule has 0 spiro atoms. The van der Waals surface area contributed by atoms with Crippen LogP contribution >= 0.6 is 11.8 Å². The first-order valence-corrected chi connectivity index (χ1v) is 9.81. The summed E-state index contributed by atoms with van der Waals surface area (Å²) in [6.07, 6.45) is 0. The second kappa shape index (κ2) is 8.26. The summed E-state index contributed by atoms with van der Waals surface area (Å²) in [6.45, 7) is 14.2. The van der Waals surface area contributed by atoms with Crippen molar-refractivity contribution in [3.8, 4) is 5.75 Å². The summed E-state index contributed by atoms with van der Waals surface area (Å²) >= 11 is 1.71. The molecular formula is C19H30N2O2S. The Kier molecular flexibility index (Phi) is 6.58. The van der Waals surface area contributed by atoms with E-state index >= 15 is 0 Å². The van der Waals surface area contributed by atoms with E-state index in [0.29, 0.717) is 5.75 Å². The number of hydrogen-bond acceptors (Lipinski definition) is 4. The van der Waals surface area contributed by atoms with Gasteiger partial charge in [0.25, 0.3) is 0 Å². The minimum atomic E-state index is -0.199. The topological polar surface area (TPSA) is 32.8 Å². The van der Waals surface area contributed by atoms with Crippen molar-refractivity contribution in [2.24, 2.45) is 0 Å². The van der Waals surface area contributed by atoms with Gasteiger partial charge in [-0.2, -0.15) is 0 Å². The number of carbonyl (C=O) groups excluding carboxylic acids is 1. The Balaban J connectivity index is 2.04. The van der Waals surface area contributed by atoms with Gasteiger partial charge < -0.3 is 14.5 Å². The molecule has 0 radical (unpaired) electrons. The van der Waals surface area contributed by atoms with Gasteiger partial charge in [-0.25, -0.2) is 0 Å². The molecule has 1 aliphatic rings. The van der Waals surface area contributed by atoms with Crippen molar-refractivity contribution in [3.63, 3.8) is 0 Å². The van der Waals surface area contributed by atoms with Crippen molar-refractivity contribution < 1.29 is 9.53 Å². The summed E-state index contributed by atoms with van der Waals surface area (Å²) in [4.78, 5) is 16.6. The molecule has 1 heterocycles. The van der Waals surface area contributed by atoms with E-state index in [9.17, 15) is 4.79 Å². The number of thioether (sulfide) groups is 1. The number of hydrogen-bond donors (Lipinski definition) is 0. The van der Waals surface area contributed by atoms with E-state index in [0.717, 1.165) is 31.9 Å². The molecule has 1 aromatic rings. The fraction of sp³-hybridized carbons (Fsp3) is 0.632. The average Bonchev–Trinajstić information content (AvgIpc) is 2.89. The molecule has 5 heteroatoms. The van der Waals surface area contributed by atoms with Gasteiger partial charge in [-0.1, -0.05) is 26.0 Å². The Bertz CT molecular complexity index is 535. The highest BCUT2D eigenvalue weighted by Gasteiger charge is 2.32. The lowest BCUT2D eigenvalue weighted by molar-refractivity contribution is -0.128. The normalized spacial score (nSPS) is 18.5. The third-order valence-corrected chi connectivity index (χ3v) is 5.36. The van der Waals surface area contributed by atoms with Crippen LogP contribution in [0.1, 0.15) is 45.6 Å². The molecule has 0 aliphatic carbocycles. The first-order chi connectivity index (χ1) is 11.3. The molecule has 1 atom stereocenters. The summed E-state index contributed by atoms with van der Waals surface area (Å²) in [5.74, 6) is 1.69. The molecule has 24 heavy (non-hydrogen) atoms. The van der Waals surface area contributed by atoms with E-state index < -0.39 is 0 Å². The predicted molar refractivity (Wildman–Crippen MR) is 102 cm³/mol. The maximum Gasteiger partial charge on any atom is 0.233 e. The van der Waals surface area contributed by atoms with E-state index in [1.807, 2.05) is 37.8 Å². The molecule has 2 rings (SSSR count). The zero-order chi connectivity index (χ0) is 17.7. The van der Waals surface area contributed by atoms with Crippen molar-refractivity contribution >= 4 is 17.7 Å². The molecule has 1 aliphatic heterocycles. The first kappa shape index (κ1) is 19.1. The summed E-state index contributed by atoms with van der Waals surface area (Å²) in [7, 11) is 0. The van der Waals surface area contributed by atoms with Gasteiger partial charge in [-0.3, -0.25) is 4.79 Å². The Morgan fingerprint density at radius 1 is 1.21 bits per heavy atom. The standard InChI is InChI=1S/C19H30N2O2S/c1-6-20(7-2)12-13-21-17(22)14-24-18(21)15-8-10-16(11-9-15)23-19(3,4)5/h8-11,18H,6-7,12-14H2,1-5H3. The lowest BCUT2D eigenvalue weighted by atomic mass is 10.1. The number of rotatable bonds is 7. The highest BCUT2D eigenvalue weighted by molar-refractivity contribution is 8.00. The summed E-state index contributed by atoms with van der Waals surface area (Å²) < 4.78 is 5.88. The second-order valence-electron chi connectivity index (χ2n) is 7.06. The van der Waals surface area contributed by atoms with Gasteiger partial charge in [-0.15, -0.1) is 11.8 Å². The van der Waals surface area contributed by atoms with E-state index in [1.165, 1.54) is 5.56 Å². The molecular weight excluding hydrogens is 320 g/mol. The summed E-state index contributed by atoms with van der Waals surface area (Å²) in [6, 6.07) is 8.18. The first-order valence-electron chi connectivity index (χ1n) is 8.76. The van der Waals surface area contributed by atoms with Crippen molar-refractivity contribution in [3.05, 3.63) is 29.8 Å². The molecule has 1 aromatic carbocycles. The number of likely N-dealkylation sites (N-methyl/N-ethyl adjacent to an activating group) is 1. The molecule has 0 bridgehead atoms. The van der Waals surface area contributed by atoms with Crippen LogP contribution in [-0.4, -0.2) is 53.2 Å². The molecule has 0 aromatic heterocycles. The van der Waals surface area contributed by atoms with Crippen molar-refractivity contribution in [2.75, 3.05) is 31.9 Å². The molecule has 0 saturated carbocycles. The SMILES string of the molecule is CCN(CC)CCN1C(=O)CSC1c1ccc(OC(C)(C)C)cc1. The molecule has 1 amide bonds. The second-order valence-corrected chi connectivity index (χ2v) is 8.13. The summed E-state index contributed by atoms with van der Waals surface area (Å²) in [5, 5.41) is 0.122. The molecule has 1 saturated heterocycles. The van der Waals surface area contributed by atoms with Gasteiger partial charge in [-0.05, 0) is 51.6 Å². The van der Waals surface area contributed by atoms with Crippen molar-refractivity contribution in [1.29, 1.82) is 0 Å². The van der Waals surface area contributed by atoms with E-state index in [-0.39, 0.29) is 16.9 Å². The quantitative estimate of drug-likeness (QED) is 0.749. The van der Waals surface area contributed by atoms with Gasteiger partial charge in [0.05, 0.1) is 5.75 Å². The lowest BCUT2D eigenvalue weighted by Gasteiger charge is -2.28. The van der Waals surface area contributed by atoms with Crippen LogP contribution in [0.15, 0.2) is 24.3 Å². The maximum absolute atomic E-state index is 12.3. The van der Waals surface area contributed by atoms with Crippen LogP contribution in [0.3, 0.4) is 0 Å². The number of benzene rings is 1. The highest BCUT2D eigenvalue weighted by Crippen LogP contribution is 2.39. The van der Waals surface area contributed by atoms with E-state index in [2.05, 4.69) is 30.9 Å². The number of amides is 1. The van der Waals surface area contributed by atoms with Crippen LogP contribution in [-0.2, 0) is 4.79 Å². The Morgan fingerprint density at radius 2 is 1.83 bits per heavy atom. The zero-order valence-electron chi connectivity index (χ0n) is 15.5. The van der Waals surface area contributed by atoms with Crippen LogP contribution in [0.2, 0.25) is 0 Å². The predicted octanol–water partition coefficient (Wildman–Crippen LogP) is 3.78. The maximum atomic E-state index is 12.3. The van der Waals surface area contributed by atoms with Crippen molar-refractivity contribution in [1.82, 2.24) is 9.80 Å². The minimum Gasteiger partial charge on any atom is -0.488 e. The molecule has 1 fully saturated rings. The monoisotopic (exact) mass is 350 g/mol. The zero-order valence-corrected chi connectivity index (χ0v) is 16.4. The van der Waals surface area contributed by atoms with Crippen molar-refractivity contribution in [2.45, 2.75) is 45.6 Å². The van der Waals surface area contributed by atoms with Gasteiger partial charge in [0.2, 0.25) is 5.91 Å². The molecule has 1 unspecified atom stereocenters. The fourth-order valence-corrected chi connectivity index (χ4v) is 4.03. The highest BCUT2D eigenvalue weighted by atomic mass is 32.2. The third-order valence-electron chi connectivity index (χ3n) is 4.11. The van der Waals surface area contributed by atoms with Gasteiger partial charge in [0.15, 0.2) is 0 Å². The lowest BCUT2D eigenvalue weighted by Crippen LogP contribution is -2.37. The number of carbonyl (C=O) groups is 1. The smallest absolute Gasteiger partial charge is 0.233 e. The Hall–Kier alpha value is -1.20. The molecule has 4 nitrogen and oxygen atoms in total. The summed E-state index contributed by atoms with van der Waals surface area (Å²) in [5.41, 5.74) is 0.974. The van der Waals surface area contributed by atoms with Crippen LogP contribution in [0.5, 0.6) is 5.75 Å². The van der Waals surface area contributed by atoms with Crippen LogP contribution < -0.4 is 4.74 Å². The van der Waals surface area contributed by atoms with E-state index in [1.54, 1.807) is 11.8 Å². The van der Waals surface area contributed by atoms with E-state index in [4.69, 9.17) is 4.74 Å². The Labute approximate surface area is 150 Å². The molecule has 0 N–H and O–H groups in total. The van der Waals surface area contributed by atoms with Gasteiger partial charge >= 0.3 is 0 Å². The largest absolute Gasteiger partial charge is 0.488 e. The minimum absolute atomic E-state index is 0.122.